The van der Waals surface area contributed by atoms with E-state index in [4.69, 9.17) is 0 Å². The smallest absolute Gasteiger partial charge is 0.372 e. The lowest BCUT2D eigenvalue weighted by molar-refractivity contribution is -0.174. The lowest BCUT2D eigenvalue weighted by atomic mass is 9.99. The Bertz CT molecular complexity index is 236. The van der Waals surface area contributed by atoms with Crippen LogP contribution in [0.1, 0.15) is 32.1 Å². The normalized spacial score (nSPS) is 21.8. The Morgan fingerprint density at radius 1 is 1.32 bits per heavy atom. The minimum atomic E-state index is -4.21. The lowest BCUT2D eigenvalue weighted by Gasteiger charge is -2.35. The van der Waals surface area contributed by atoms with E-state index in [0.717, 1.165) is 26.1 Å². The van der Waals surface area contributed by atoms with Gasteiger partial charge in [-0.1, -0.05) is 6.42 Å². The highest BCUT2D eigenvalue weighted by atomic mass is 19.4. The van der Waals surface area contributed by atoms with E-state index < -0.39 is 12.8 Å². The van der Waals surface area contributed by atoms with E-state index in [0.29, 0.717) is 12.5 Å². The predicted octanol–water partition coefficient (Wildman–Crippen LogP) is 2.42. The van der Waals surface area contributed by atoms with Crippen LogP contribution in [0.4, 0.5) is 13.2 Å². The molecule has 1 N–H and O–H groups in total. The molecule has 0 aromatic carbocycles. The number of alkyl halides is 3. The first kappa shape index (κ1) is 16.7. The summed E-state index contributed by atoms with van der Waals surface area (Å²) in [6.07, 6.45) is 1.23. The molecule has 0 aliphatic carbocycles. The molecule has 0 amide bonds. The number of halogens is 3. The monoisotopic (exact) mass is 282 g/mol. The van der Waals surface area contributed by atoms with Gasteiger partial charge in [0.2, 0.25) is 0 Å². The van der Waals surface area contributed by atoms with E-state index in [1.807, 2.05) is 7.05 Å². The van der Waals surface area contributed by atoms with Crippen LogP contribution in [0.15, 0.2) is 0 Å². The van der Waals surface area contributed by atoms with Crippen LogP contribution in [0, 0.1) is 0 Å². The fourth-order valence-electron chi connectivity index (χ4n) is 2.55. The van der Waals surface area contributed by atoms with Crippen molar-refractivity contribution in [3.63, 3.8) is 0 Å². The molecule has 1 aliphatic rings. The third-order valence-electron chi connectivity index (χ3n) is 3.48. The first-order valence-corrected chi connectivity index (χ1v) is 7.06. The van der Waals surface area contributed by atoms with Gasteiger partial charge in [-0.3, -0.25) is 0 Å². The van der Waals surface area contributed by atoms with Gasteiger partial charge in [0.05, 0.1) is 0 Å². The molecule has 1 heterocycles. The van der Waals surface area contributed by atoms with Gasteiger partial charge in [-0.15, -0.1) is 0 Å². The Morgan fingerprint density at radius 2 is 2.11 bits per heavy atom. The summed E-state index contributed by atoms with van der Waals surface area (Å²) in [5.41, 5.74) is 0. The van der Waals surface area contributed by atoms with Gasteiger partial charge >= 0.3 is 6.18 Å². The molecule has 0 aromatic heterocycles. The highest BCUT2D eigenvalue weighted by Crippen LogP contribution is 2.19. The maximum absolute atomic E-state index is 11.9. The van der Waals surface area contributed by atoms with Crippen LogP contribution in [-0.2, 0) is 4.74 Å². The fraction of sp³-hybridized carbons (Fsp3) is 1.00. The lowest BCUT2D eigenvalue weighted by Crippen LogP contribution is -2.41. The van der Waals surface area contributed by atoms with Crippen LogP contribution in [0.2, 0.25) is 0 Å². The van der Waals surface area contributed by atoms with E-state index in [1.165, 1.54) is 19.3 Å². The Hall–Kier alpha value is -0.330. The van der Waals surface area contributed by atoms with Crippen molar-refractivity contribution >= 4 is 0 Å². The van der Waals surface area contributed by atoms with Crippen molar-refractivity contribution in [3.8, 4) is 0 Å². The summed E-state index contributed by atoms with van der Waals surface area (Å²) in [6, 6.07) is 0.573. The van der Waals surface area contributed by atoms with Gasteiger partial charge in [-0.05, 0) is 45.8 Å². The summed E-state index contributed by atoms with van der Waals surface area (Å²) in [4.78, 5) is 2.40. The number of nitrogens with one attached hydrogen (secondary N) is 1. The maximum Gasteiger partial charge on any atom is 0.411 e. The van der Waals surface area contributed by atoms with E-state index in [9.17, 15) is 13.2 Å². The molecule has 1 unspecified atom stereocenters. The first-order chi connectivity index (χ1) is 9.03. The number of piperidine rings is 1. The second-order valence-electron chi connectivity index (χ2n) is 5.10. The maximum atomic E-state index is 11.9. The van der Waals surface area contributed by atoms with Gasteiger partial charge in [-0.2, -0.15) is 13.2 Å². The van der Waals surface area contributed by atoms with E-state index in [-0.39, 0.29) is 6.61 Å². The number of likely N-dealkylation sites (tertiary alicyclic amines) is 1. The molecule has 3 nitrogen and oxygen atoms in total. The number of nitrogens with zero attached hydrogens (tertiary/aromatic N) is 1. The van der Waals surface area contributed by atoms with E-state index in [1.54, 1.807) is 0 Å². The topological polar surface area (TPSA) is 24.5 Å². The molecule has 1 atom stereocenters. The minimum Gasteiger partial charge on any atom is -0.372 e. The zero-order valence-corrected chi connectivity index (χ0v) is 11.6. The molecule has 1 rings (SSSR count). The molecule has 1 saturated heterocycles. The molecule has 0 spiro atoms. The summed E-state index contributed by atoms with van der Waals surface area (Å²) >= 11 is 0. The quantitative estimate of drug-likeness (QED) is 0.692. The van der Waals surface area contributed by atoms with Crippen LogP contribution >= 0.6 is 0 Å². The van der Waals surface area contributed by atoms with Crippen molar-refractivity contribution in [1.82, 2.24) is 10.2 Å². The SMILES string of the molecule is CNCCC1CCCCN1CCCOCC(F)(F)F. The summed E-state index contributed by atoms with van der Waals surface area (Å²) in [5, 5.41) is 3.15. The zero-order chi connectivity index (χ0) is 14.1. The minimum absolute atomic E-state index is 0.189. The number of ether oxygens (including phenoxy) is 1. The van der Waals surface area contributed by atoms with Gasteiger partial charge in [0, 0.05) is 19.2 Å². The largest absolute Gasteiger partial charge is 0.411 e. The van der Waals surface area contributed by atoms with Gasteiger partial charge in [-0.25, -0.2) is 0 Å². The van der Waals surface area contributed by atoms with E-state index >= 15 is 0 Å². The fourth-order valence-corrected chi connectivity index (χ4v) is 2.55. The summed E-state index contributed by atoms with van der Waals surface area (Å²) in [7, 11) is 1.94. The van der Waals surface area contributed by atoms with E-state index in [2.05, 4.69) is 15.0 Å². The highest BCUT2D eigenvalue weighted by Gasteiger charge is 2.27. The molecule has 1 fully saturated rings. The van der Waals surface area contributed by atoms with Crippen molar-refractivity contribution in [2.75, 3.05) is 39.9 Å². The van der Waals surface area contributed by atoms with Crippen molar-refractivity contribution in [2.24, 2.45) is 0 Å². The highest BCUT2D eigenvalue weighted by molar-refractivity contribution is 4.77. The number of rotatable bonds is 8. The molecule has 0 saturated carbocycles. The Labute approximate surface area is 113 Å². The third-order valence-corrected chi connectivity index (χ3v) is 3.48. The second-order valence-corrected chi connectivity index (χ2v) is 5.10. The summed E-state index contributed by atoms with van der Waals surface area (Å²) in [6.45, 7) is 1.95. The van der Waals surface area contributed by atoms with Crippen molar-refractivity contribution in [2.45, 2.75) is 44.3 Å². The van der Waals surface area contributed by atoms with Crippen molar-refractivity contribution < 1.29 is 17.9 Å². The van der Waals surface area contributed by atoms with Crippen LogP contribution in [-0.4, -0.2) is 57.0 Å². The molecule has 0 radical (unpaired) electrons. The van der Waals surface area contributed by atoms with Gasteiger partial charge in [0.25, 0.3) is 0 Å². The molecule has 1 aliphatic heterocycles. The Kier molecular flexibility index (Phi) is 7.71. The molecular formula is C13H25F3N2O. The van der Waals surface area contributed by atoms with Gasteiger partial charge in [0.15, 0.2) is 0 Å². The Morgan fingerprint density at radius 3 is 2.79 bits per heavy atom. The average Bonchev–Trinajstić information content (AvgIpc) is 2.36. The van der Waals surface area contributed by atoms with Crippen LogP contribution in [0.25, 0.3) is 0 Å². The summed E-state index contributed by atoms with van der Waals surface area (Å²) in [5.74, 6) is 0. The zero-order valence-electron chi connectivity index (χ0n) is 11.6. The molecule has 0 bridgehead atoms. The van der Waals surface area contributed by atoms with Crippen molar-refractivity contribution in [1.29, 1.82) is 0 Å². The third kappa shape index (κ3) is 7.74. The van der Waals surface area contributed by atoms with Crippen molar-refractivity contribution in [3.05, 3.63) is 0 Å². The van der Waals surface area contributed by atoms with Crippen LogP contribution in [0.5, 0.6) is 0 Å². The predicted molar refractivity (Wildman–Crippen MR) is 69.2 cm³/mol. The number of hydrogen-bond acceptors (Lipinski definition) is 3. The van der Waals surface area contributed by atoms with Crippen LogP contribution < -0.4 is 5.32 Å². The standard InChI is InChI=1S/C13H25F3N2O/c1-17-7-6-12-5-2-3-8-18(12)9-4-10-19-11-13(14,15)16/h12,17H,2-11H2,1H3. The van der Waals surface area contributed by atoms with Gasteiger partial charge < -0.3 is 15.0 Å². The molecule has 114 valence electrons. The Balaban J connectivity index is 2.14. The first-order valence-electron chi connectivity index (χ1n) is 7.06. The average molecular weight is 282 g/mol. The second kappa shape index (κ2) is 8.76. The van der Waals surface area contributed by atoms with Crippen LogP contribution in [0.3, 0.4) is 0 Å². The molecule has 19 heavy (non-hydrogen) atoms. The summed E-state index contributed by atoms with van der Waals surface area (Å²) < 4.78 is 40.3. The molecule has 6 heteroatoms. The number of hydrogen-bond donors (Lipinski definition) is 1. The molecular weight excluding hydrogens is 257 g/mol. The molecule has 0 aromatic rings. The van der Waals surface area contributed by atoms with Gasteiger partial charge in [0.1, 0.15) is 6.61 Å².